The van der Waals surface area contributed by atoms with Crippen molar-refractivity contribution in [2.75, 3.05) is 23.7 Å². The summed E-state index contributed by atoms with van der Waals surface area (Å²) in [4.78, 5) is 32.8. The molecule has 2 aromatic heterocycles. The van der Waals surface area contributed by atoms with Gasteiger partial charge in [0.05, 0.1) is 6.54 Å². The van der Waals surface area contributed by atoms with Crippen LogP contribution >= 0.6 is 0 Å². The molecule has 2 amide bonds. The molecule has 0 unspecified atom stereocenters. The number of aryl methyl sites for hydroxylation is 1. The Balaban J connectivity index is 1.76. The molecule has 7 heteroatoms. The van der Waals surface area contributed by atoms with Crippen LogP contribution in [0.4, 0.5) is 16.2 Å². The average molecular weight is 634 g/mol. The first-order chi connectivity index (χ1) is 22.8. The van der Waals surface area contributed by atoms with Gasteiger partial charge in [0.1, 0.15) is 11.3 Å². The van der Waals surface area contributed by atoms with E-state index in [0.717, 1.165) is 59.1 Å². The van der Waals surface area contributed by atoms with Gasteiger partial charge in [-0.3, -0.25) is 9.36 Å². The number of unbranched alkanes of at least 4 members (excludes halogenated alkanes) is 4. The second-order valence-corrected chi connectivity index (χ2v) is 12.8. The summed E-state index contributed by atoms with van der Waals surface area (Å²) in [5.41, 5.74) is 5.72. The number of urea groups is 1. The number of pyridine rings is 2. The molecule has 7 nitrogen and oxygen atoms in total. The number of carbonyl (C=O) groups excluding carboxylic acids is 1. The molecule has 2 heterocycles. The summed E-state index contributed by atoms with van der Waals surface area (Å²) in [6.45, 7) is 14.8. The molecular weight excluding hydrogens is 582 g/mol. The van der Waals surface area contributed by atoms with Gasteiger partial charge in [-0.25, -0.2) is 9.78 Å². The summed E-state index contributed by atoms with van der Waals surface area (Å²) in [6, 6.07) is 17.4. The Morgan fingerprint density at radius 3 is 2.26 bits per heavy atom. The van der Waals surface area contributed by atoms with Gasteiger partial charge in [0.2, 0.25) is 0 Å². The van der Waals surface area contributed by atoms with Gasteiger partial charge in [-0.05, 0) is 72.2 Å². The summed E-state index contributed by atoms with van der Waals surface area (Å²) in [5.74, 6) is 6.92. The number of anilines is 2. The third-order valence-electron chi connectivity index (χ3n) is 8.41. The van der Waals surface area contributed by atoms with E-state index in [1.165, 1.54) is 19.3 Å². The summed E-state index contributed by atoms with van der Waals surface area (Å²) >= 11 is 0. The number of hydrogen-bond acceptors (Lipinski definition) is 4. The predicted molar refractivity (Wildman–Crippen MR) is 197 cm³/mol. The van der Waals surface area contributed by atoms with Crippen molar-refractivity contribution >= 4 is 28.4 Å². The number of carbonyl (C=O) groups is 1. The molecule has 0 aliphatic rings. The molecule has 0 spiro atoms. The van der Waals surface area contributed by atoms with Crippen LogP contribution in [0, 0.1) is 11.8 Å². The lowest BCUT2D eigenvalue weighted by Crippen LogP contribution is -2.30. The molecule has 4 aromatic rings. The summed E-state index contributed by atoms with van der Waals surface area (Å²) < 4.78 is 1.69. The number of nitrogens with one attached hydrogen (secondary N) is 3. The minimum atomic E-state index is -0.454. The molecule has 248 valence electrons. The van der Waals surface area contributed by atoms with Crippen molar-refractivity contribution in [1.29, 1.82) is 0 Å². The normalized spacial score (nSPS) is 11.1. The SMILES string of the molecule is CCCCCCNCC#Cc1cccc(-c2c(NC(=O)Nc3c(C(C)C)cccc3C(C)C)c(=O)n(CCCC)c3ncccc23)c1. The maximum atomic E-state index is 14.3. The van der Waals surface area contributed by atoms with Gasteiger partial charge < -0.3 is 16.0 Å². The Labute approximate surface area is 280 Å². The van der Waals surface area contributed by atoms with E-state index in [0.29, 0.717) is 24.3 Å². The lowest BCUT2D eigenvalue weighted by molar-refractivity contribution is 0.262. The van der Waals surface area contributed by atoms with Crippen LogP contribution in [0.15, 0.2) is 65.6 Å². The highest BCUT2D eigenvalue weighted by Crippen LogP contribution is 2.35. The van der Waals surface area contributed by atoms with E-state index in [2.05, 4.69) is 74.3 Å². The van der Waals surface area contributed by atoms with Crippen LogP contribution in [0.1, 0.15) is 109 Å². The molecular formula is C40H51N5O2. The van der Waals surface area contributed by atoms with Crippen LogP contribution in [0.5, 0.6) is 0 Å². The first-order valence-corrected chi connectivity index (χ1v) is 17.3. The van der Waals surface area contributed by atoms with Crippen LogP contribution in [-0.2, 0) is 6.54 Å². The minimum absolute atomic E-state index is 0.206. The van der Waals surface area contributed by atoms with Crippen molar-refractivity contribution in [2.24, 2.45) is 0 Å². The van der Waals surface area contributed by atoms with E-state index in [9.17, 15) is 9.59 Å². The Hall–Kier alpha value is -4.41. The first kappa shape index (κ1) is 35.4. The van der Waals surface area contributed by atoms with Crippen LogP contribution < -0.4 is 21.5 Å². The lowest BCUT2D eigenvalue weighted by Gasteiger charge is -2.21. The van der Waals surface area contributed by atoms with E-state index in [1.807, 2.05) is 54.6 Å². The van der Waals surface area contributed by atoms with Crippen molar-refractivity contribution in [2.45, 2.75) is 98.4 Å². The highest BCUT2D eigenvalue weighted by molar-refractivity contribution is 6.07. The zero-order chi connectivity index (χ0) is 33.8. The molecule has 0 radical (unpaired) electrons. The molecule has 3 N–H and O–H groups in total. The number of hydrogen-bond donors (Lipinski definition) is 3. The molecule has 0 bridgehead atoms. The van der Waals surface area contributed by atoms with E-state index in [1.54, 1.807) is 10.8 Å². The number of aromatic nitrogens is 2. The minimum Gasteiger partial charge on any atom is -0.307 e. The van der Waals surface area contributed by atoms with Crippen LogP contribution in [0.3, 0.4) is 0 Å². The number of fused-ring (bicyclic) bond motifs is 1. The van der Waals surface area contributed by atoms with Gasteiger partial charge in [0, 0.05) is 34.9 Å². The Morgan fingerprint density at radius 2 is 1.55 bits per heavy atom. The number of nitrogens with zero attached hydrogens (tertiary/aromatic N) is 2. The van der Waals surface area contributed by atoms with Crippen molar-refractivity contribution in [1.82, 2.24) is 14.9 Å². The standard InChI is InChI=1S/C40H51N5O2/c1-7-9-11-12-23-41-24-15-18-30-17-13-19-31(27-30)35-34-22-16-25-42-38(34)45(26-10-8-2)39(46)37(35)44-40(47)43-36-32(28(3)4)20-14-21-33(36)29(5)6/h13-14,16-17,19-22,25,27-29,41H,7-12,23-24,26H2,1-6H3,(H2,43,44,47). The van der Waals surface area contributed by atoms with Crippen molar-refractivity contribution in [3.63, 3.8) is 0 Å². The second-order valence-electron chi connectivity index (χ2n) is 12.8. The summed E-state index contributed by atoms with van der Waals surface area (Å²) in [5, 5.41) is 10.3. The van der Waals surface area contributed by atoms with Crippen LogP contribution in [0.2, 0.25) is 0 Å². The van der Waals surface area contributed by atoms with E-state index < -0.39 is 6.03 Å². The molecule has 0 aliphatic heterocycles. The third-order valence-corrected chi connectivity index (χ3v) is 8.41. The van der Waals surface area contributed by atoms with Gasteiger partial charge in [-0.1, -0.05) is 109 Å². The van der Waals surface area contributed by atoms with Gasteiger partial charge in [-0.2, -0.15) is 0 Å². The predicted octanol–water partition coefficient (Wildman–Crippen LogP) is 9.28. The summed E-state index contributed by atoms with van der Waals surface area (Å²) in [6.07, 6.45) is 8.31. The molecule has 4 rings (SSSR count). The number of benzene rings is 2. The Kier molecular flexibility index (Phi) is 13.2. The van der Waals surface area contributed by atoms with E-state index >= 15 is 0 Å². The Morgan fingerprint density at radius 1 is 0.851 bits per heavy atom. The van der Waals surface area contributed by atoms with Gasteiger partial charge in [0.25, 0.3) is 5.56 Å². The average Bonchev–Trinajstić information content (AvgIpc) is 3.06. The highest BCUT2D eigenvalue weighted by Gasteiger charge is 2.22. The molecule has 2 aromatic carbocycles. The number of amides is 2. The molecule has 0 atom stereocenters. The maximum absolute atomic E-state index is 14.3. The first-order valence-electron chi connectivity index (χ1n) is 17.3. The van der Waals surface area contributed by atoms with Crippen molar-refractivity contribution < 1.29 is 4.79 Å². The second kappa shape index (κ2) is 17.5. The van der Waals surface area contributed by atoms with Gasteiger partial charge in [-0.15, -0.1) is 0 Å². The highest BCUT2D eigenvalue weighted by atomic mass is 16.2. The van der Waals surface area contributed by atoms with Gasteiger partial charge >= 0.3 is 6.03 Å². The molecule has 0 aliphatic carbocycles. The van der Waals surface area contributed by atoms with E-state index in [-0.39, 0.29) is 23.1 Å². The maximum Gasteiger partial charge on any atom is 0.323 e. The molecule has 0 fully saturated rings. The molecule has 0 saturated heterocycles. The van der Waals surface area contributed by atoms with Crippen molar-refractivity contribution in [3.8, 4) is 23.0 Å². The lowest BCUT2D eigenvalue weighted by atomic mass is 9.93. The largest absolute Gasteiger partial charge is 0.323 e. The number of rotatable bonds is 14. The van der Waals surface area contributed by atoms with Crippen LogP contribution in [0.25, 0.3) is 22.2 Å². The number of para-hydroxylation sites is 1. The van der Waals surface area contributed by atoms with Crippen LogP contribution in [-0.4, -0.2) is 28.7 Å². The van der Waals surface area contributed by atoms with Gasteiger partial charge in [0.15, 0.2) is 0 Å². The summed E-state index contributed by atoms with van der Waals surface area (Å²) in [7, 11) is 0. The topological polar surface area (TPSA) is 88.0 Å². The Bertz CT molecular complexity index is 1750. The fourth-order valence-electron chi connectivity index (χ4n) is 5.90. The smallest absolute Gasteiger partial charge is 0.307 e. The van der Waals surface area contributed by atoms with E-state index in [4.69, 9.17) is 0 Å². The fourth-order valence-corrected chi connectivity index (χ4v) is 5.90. The zero-order valence-corrected chi connectivity index (χ0v) is 29.0. The quantitative estimate of drug-likeness (QED) is 0.0954. The fraction of sp³-hybridized carbons (Fsp3) is 0.425. The van der Waals surface area contributed by atoms with Crippen molar-refractivity contribution in [3.05, 3.63) is 87.8 Å². The monoisotopic (exact) mass is 633 g/mol. The molecule has 0 saturated carbocycles. The zero-order valence-electron chi connectivity index (χ0n) is 29.0. The third kappa shape index (κ3) is 9.11. The molecule has 47 heavy (non-hydrogen) atoms.